The Morgan fingerprint density at radius 3 is 2.33 bits per heavy atom. The van der Waals surface area contributed by atoms with Gasteiger partial charge >= 0.3 is 0 Å². The number of nitrogens with zero attached hydrogens (tertiary/aromatic N) is 1. The van der Waals surface area contributed by atoms with Gasteiger partial charge in [0.1, 0.15) is 12.4 Å². The molecule has 0 bridgehead atoms. The topological polar surface area (TPSA) is 50.7 Å². The van der Waals surface area contributed by atoms with Gasteiger partial charge in [-0.2, -0.15) is 5.10 Å². The molecule has 3 aromatic carbocycles. The summed E-state index contributed by atoms with van der Waals surface area (Å²) in [5, 5.41) is 4.66. The molecule has 0 spiro atoms. The number of carbonyl (C=O) groups excluding carboxylic acids is 1. The van der Waals surface area contributed by atoms with Crippen LogP contribution in [0.15, 0.2) is 82.4 Å². The summed E-state index contributed by atoms with van der Waals surface area (Å²) in [5.41, 5.74) is 4.92. The van der Waals surface area contributed by atoms with Crippen LogP contribution in [0.3, 0.4) is 0 Å². The predicted octanol–water partition coefficient (Wildman–Crippen LogP) is 5.45. The molecule has 1 N–H and O–H groups in total. The molecule has 0 radical (unpaired) electrons. The number of halogens is 2. The van der Waals surface area contributed by atoms with E-state index in [2.05, 4.69) is 26.5 Å². The molecule has 0 aliphatic heterocycles. The molecule has 3 rings (SSSR count). The predicted molar refractivity (Wildman–Crippen MR) is 111 cm³/mol. The summed E-state index contributed by atoms with van der Waals surface area (Å²) >= 11 is 9.23. The minimum atomic E-state index is -0.285. The first kappa shape index (κ1) is 19.1. The van der Waals surface area contributed by atoms with Gasteiger partial charge in [0.25, 0.3) is 5.91 Å². The summed E-state index contributed by atoms with van der Waals surface area (Å²) in [4.78, 5) is 12.1. The van der Waals surface area contributed by atoms with Crippen LogP contribution in [-0.2, 0) is 6.61 Å². The number of benzene rings is 3. The van der Waals surface area contributed by atoms with Crippen LogP contribution in [0.25, 0.3) is 0 Å². The second-order valence-electron chi connectivity index (χ2n) is 5.69. The van der Waals surface area contributed by atoms with Crippen LogP contribution in [0.5, 0.6) is 5.75 Å². The lowest BCUT2D eigenvalue weighted by molar-refractivity contribution is 0.0955. The number of amides is 1. The number of hydrogen-bond donors (Lipinski definition) is 1. The molecule has 6 heteroatoms. The van der Waals surface area contributed by atoms with Crippen molar-refractivity contribution in [1.82, 2.24) is 5.43 Å². The van der Waals surface area contributed by atoms with E-state index in [1.165, 1.54) is 0 Å². The maximum Gasteiger partial charge on any atom is 0.271 e. The molecule has 0 fully saturated rings. The average Bonchev–Trinajstić information content (AvgIpc) is 2.69. The number of hydrazone groups is 1. The molecule has 136 valence electrons. The molecular formula is C21H16BrClN2O2. The molecule has 0 aromatic heterocycles. The third-order valence-electron chi connectivity index (χ3n) is 3.68. The van der Waals surface area contributed by atoms with E-state index >= 15 is 0 Å². The lowest BCUT2D eigenvalue weighted by atomic mass is 10.2. The smallest absolute Gasteiger partial charge is 0.271 e. The Balaban J connectivity index is 1.52. The summed E-state index contributed by atoms with van der Waals surface area (Å²) in [7, 11) is 0. The van der Waals surface area contributed by atoms with Gasteiger partial charge in [0.15, 0.2) is 0 Å². The van der Waals surface area contributed by atoms with Crippen molar-refractivity contribution in [2.45, 2.75) is 6.61 Å². The highest BCUT2D eigenvalue weighted by Crippen LogP contribution is 2.16. The fourth-order valence-electron chi connectivity index (χ4n) is 2.23. The molecule has 3 aromatic rings. The quantitative estimate of drug-likeness (QED) is 0.407. The maximum absolute atomic E-state index is 12.1. The van der Waals surface area contributed by atoms with Crippen LogP contribution in [-0.4, -0.2) is 12.1 Å². The van der Waals surface area contributed by atoms with Crippen molar-refractivity contribution in [2.75, 3.05) is 0 Å². The first-order valence-corrected chi connectivity index (χ1v) is 9.33. The van der Waals surface area contributed by atoms with E-state index in [1.807, 2.05) is 48.5 Å². The summed E-state index contributed by atoms with van der Waals surface area (Å²) < 4.78 is 6.70. The largest absolute Gasteiger partial charge is 0.489 e. The normalized spacial score (nSPS) is 10.7. The van der Waals surface area contributed by atoms with E-state index in [1.54, 1.807) is 30.5 Å². The van der Waals surface area contributed by atoms with E-state index in [0.717, 1.165) is 15.6 Å². The zero-order chi connectivity index (χ0) is 19.1. The van der Waals surface area contributed by atoms with Gasteiger partial charge in [-0.15, -0.1) is 0 Å². The van der Waals surface area contributed by atoms with Crippen molar-refractivity contribution < 1.29 is 9.53 Å². The zero-order valence-corrected chi connectivity index (χ0v) is 16.6. The average molecular weight is 444 g/mol. The van der Waals surface area contributed by atoms with Gasteiger partial charge in [-0.05, 0) is 59.7 Å². The number of hydrogen-bond acceptors (Lipinski definition) is 3. The van der Waals surface area contributed by atoms with E-state index in [-0.39, 0.29) is 5.91 Å². The van der Waals surface area contributed by atoms with Crippen LogP contribution in [0.2, 0.25) is 5.02 Å². The third kappa shape index (κ3) is 5.94. The Labute approximate surface area is 171 Å². The molecule has 0 saturated carbocycles. The van der Waals surface area contributed by atoms with Crippen LogP contribution < -0.4 is 10.2 Å². The fourth-order valence-corrected chi connectivity index (χ4v) is 2.62. The van der Waals surface area contributed by atoms with Gasteiger partial charge < -0.3 is 4.74 Å². The molecule has 27 heavy (non-hydrogen) atoms. The van der Waals surface area contributed by atoms with Gasteiger partial charge in [0.05, 0.1) is 6.21 Å². The minimum absolute atomic E-state index is 0.285. The molecular weight excluding hydrogens is 428 g/mol. The maximum atomic E-state index is 12.1. The van der Waals surface area contributed by atoms with E-state index in [9.17, 15) is 4.79 Å². The summed E-state index contributed by atoms with van der Waals surface area (Å²) in [6, 6.07) is 22.0. The Bertz CT molecular complexity index is 924. The minimum Gasteiger partial charge on any atom is -0.489 e. The summed E-state index contributed by atoms with van der Waals surface area (Å²) in [5.74, 6) is 0.396. The second-order valence-corrected chi connectivity index (χ2v) is 7.04. The molecule has 0 unspecified atom stereocenters. The molecule has 0 aliphatic carbocycles. The van der Waals surface area contributed by atoms with E-state index < -0.39 is 0 Å². The van der Waals surface area contributed by atoms with Crippen molar-refractivity contribution in [3.05, 3.63) is 99.0 Å². The molecule has 4 nitrogen and oxygen atoms in total. The first-order valence-electron chi connectivity index (χ1n) is 8.16. The molecule has 1 amide bonds. The third-order valence-corrected chi connectivity index (χ3v) is 4.47. The highest BCUT2D eigenvalue weighted by atomic mass is 79.9. The highest BCUT2D eigenvalue weighted by Gasteiger charge is 2.04. The summed E-state index contributed by atoms with van der Waals surface area (Å²) in [6.45, 7) is 0.431. The molecule has 0 atom stereocenters. The van der Waals surface area contributed by atoms with Gasteiger partial charge in [-0.3, -0.25) is 4.79 Å². The summed E-state index contributed by atoms with van der Waals surface area (Å²) in [6.07, 6.45) is 1.59. The molecule has 0 aliphatic rings. The lowest BCUT2D eigenvalue weighted by Gasteiger charge is -2.07. The van der Waals surface area contributed by atoms with Gasteiger partial charge in [-0.1, -0.05) is 51.8 Å². The van der Waals surface area contributed by atoms with Crippen molar-refractivity contribution in [3.63, 3.8) is 0 Å². The number of nitrogens with one attached hydrogen (secondary N) is 1. The Morgan fingerprint density at radius 2 is 1.67 bits per heavy atom. The lowest BCUT2D eigenvalue weighted by Crippen LogP contribution is -2.17. The van der Waals surface area contributed by atoms with Gasteiger partial charge in [-0.25, -0.2) is 5.43 Å². The van der Waals surface area contributed by atoms with Gasteiger partial charge in [0, 0.05) is 15.1 Å². The van der Waals surface area contributed by atoms with E-state index in [4.69, 9.17) is 16.3 Å². The van der Waals surface area contributed by atoms with Crippen LogP contribution >= 0.6 is 27.5 Å². The Hall–Kier alpha value is -2.63. The van der Waals surface area contributed by atoms with Crippen LogP contribution in [0.4, 0.5) is 0 Å². The zero-order valence-electron chi connectivity index (χ0n) is 14.2. The second kappa shape index (κ2) is 9.35. The van der Waals surface area contributed by atoms with E-state index in [0.29, 0.717) is 22.9 Å². The first-order chi connectivity index (χ1) is 13.1. The highest BCUT2D eigenvalue weighted by molar-refractivity contribution is 9.10. The fraction of sp³-hybridized carbons (Fsp3) is 0.0476. The van der Waals surface area contributed by atoms with Gasteiger partial charge in [0.2, 0.25) is 0 Å². The molecule has 0 saturated heterocycles. The Morgan fingerprint density at radius 1 is 1.00 bits per heavy atom. The standard InChI is InChI=1S/C21H16BrClN2O2/c22-18-7-1-15(2-8-18)13-24-25-21(26)17-5-11-20(12-6-17)27-14-16-3-9-19(23)10-4-16/h1-13H,14H2,(H,25,26)/b24-13+. The van der Waals surface area contributed by atoms with Crippen molar-refractivity contribution >= 4 is 39.7 Å². The van der Waals surface area contributed by atoms with Crippen LogP contribution in [0.1, 0.15) is 21.5 Å². The van der Waals surface area contributed by atoms with Crippen molar-refractivity contribution in [3.8, 4) is 5.75 Å². The Kier molecular flexibility index (Phi) is 6.63. The SMILES string of the molecule is O=C(N/N=C/c1ccc(Br)cc1)c1ccc(OCc2ccc(Cl)cc2)cc1. The van der Waals surface area contributed by atoms with Crippen molar-refractivity contribution in [2.24, 2.45) is 5.10 Å². The molecule has 0 heterocycles. The number of rotatable bonds is 6. The van der Waals surface area contributed by atoms with Crippen molar-refractivity contribution in [1.29, 1.82) is 0 Å². The number of carbonyl (C=O) groups is 1. The van der Waals surface area contributed by atoms with Crippen LogP contribution in [0, 0.1) is 0 Å². The number of ether oxygens (including phenoxy) is 1. The monoisotopic (exact) mass is 442 g/mol.